The molecule has 0 radical (unpaired) electrons. The molecular formula is C30H25BO3S. The highest BCUT2D eigenvalue weighted by atomic mass is 32.1. The van der Waals surface area contributed by atoms with E-state index in [1.807, 2.05) is 23.5 Å². The van der Waals surface area contributed by atoms with E-state index in [-0.39, 0.29) is 0 Å². The van der Waals surface area contributed by atoms with Crippen LogP contribution in [0.4, 0.5) is 0 Å². The van der Waals surface area contributed by atoms with Gasteiger partial charge in [-0.2, -0.15) is 0 Å². The van der Waals surface area contributed by atoms with Gasteiger partial charge in [0.25, 0.3) is 0 Å². The van der Waals surface area contributed by atoms with Gasteiger partial charge in [-0.3, -0.25) is 0 Å². The van der Waals surface area contributed by atoms with Gasteiger partial charge < -0.3 is 13.7 Å². The number of hydrogen-bond acceptors (Lipinski definition) is 4. The Morgan fingerprint density at radius 2 is 1.34 bits per heavy atom. The number of furan rings is 1. The normalized spacial score (nSPS) is 17.3. The van der Waals surface area contributed by atoms with E-state index in [1.54, 1.807) is 0 Å². The molecule has 5 heteroatoms. The van der Waals surface area contributed by atoms with E-state index < -0.39 is 18.3 Å². The Hall–Kier alpha value is -3.12. The van der Waals surface area contributed by atoms with E-state index in [4.69, 9.17) is 13.7 Å². The molecule has 1 fully saturated rings. The lowest BCUT2D eigenvalue weighted by Crippen LogP contribution is -2.41. The zero-order chi connectivity index (χ0) is 23.9. The third kappa shape index (κ3) is 3.12. The first-order valence-electron chi connectivity index (χ1n) is 12.0. The van der Waals surface area contributed by atoms with Gasteiger partial charge in [0.1, 0.15) is 11.2 Å². The molecule has 172 valence electrons. The van der Waals surface area contributed by atoms with Crippen molar-refractivity contribution >= 4 is 66.0 Å². The van der Waals surface area contributed by atoms with Crippen molar-refractivity contribution in [3.63, 3.8) is 0 Å². The third-order valence-electron chi connectivity index (χ3n) is 7.71. The number of benzene rings is 4. The van der Waals surface area contributed by atoms with Crippen molar-refractivity contribution in [2.45, 2.75) is 38.9 Å². The van der Waals surface area contributed by atoms with Gasteiger partial charge in [0, 0.05) is 30.9 Å². The molecule has 2 aromatic heterocycles. The van der Waals surface area contributed by atoms with Crippen molar-refractivity contribution in [2.24, 2.45) is 0 Å². The Labute approximate surface area is 208 Å². The summed E-state index contributed by atoms with van der Waals surface area (Å²) in [5.41, 5.74) is 4.45. The minimum Gasteiger partial charge on any atom is -0.456 e. The summed E-state index contributed by atoms with van der Waals surface area (Å²) in [4.78, 5) is 0. The fourth-order valence-electron chi connectivity index (χ4n) is 5.07. The van der Waals surface area contributed by atoms with Gasteiger partial charge in [-0.15, -0.1) is 11.3 Å². The van der Waals surface area contributed by atoms with E-state index in [2.05, 4.69) is 94.4 Å². The number of fused-ring (bicyclic) bond motifs is 6. The second kappa shape index (κ2) is 7.20. The van der Waals surface area contributed by atoms with Gasteiger partial charge in [0.15, 0.2) is 0 Å². The molecule has 3 nitrogen and oxygen atoms in total. The van der Waals surface area contributed by atoms with Gasteiger partial charge in [0.05, 0.1) is 11.2 Å². The average molecular weight is 476 g/mol. The molecule has 0 aliphatic carbocycles. The van der Waals surface area contributed by atoms with Crippen molar-refractivity contribution in [1.82, 2.24) is 0 Å². The lowest BCUT2D eigenvalue weighted by molar-refractivity contribution is 0.00578. The van der Waals surface area contributed by atoms with Gasteiger partial charge in [0.2, 0.25) is 0 Å². The molecule has 0 saturated carbocycles. The van der Waals surface area contributed by atoms with E-state index in [9.17, 15) is 0 Å². The Kier molecular flexibility index (Phi) is 4.36. The fraction of sp³-hybridized carbons (Fsp3) is 0.200. The second-order valence-electron chi connectivity index (χ2n) is 10.4. The fourth-order valence-corrected chi connectivity index (χ4v) is 6.29. The summed E-state index contributed by atoms with van der Waals surface area (Å²) in [6, 6.07) is 27.9. The van der Waals surface area contributed by atoms with Crippen LogP contribution in [-0.2, 0) is 9.31 Å². The molecule has 0 unspecified atom stereocenters. The number of hydrogen-bond donors (Lipinski definition) is 0. The molecule has 0 spiro atoms. The third-order valence-corrected chi connectivity index (χ3v) is 8.93. The predicted molar refractivity (Wildman–Crippen MR) is 148 cm³/mol. The first-order chi connectivity index (χ1) is 16.8. The van der Waals surface area contributed by atoms with Crippen LogP contribution in [0.5, 0.6) is 0 Å². The SMILES string of the molecule is CC1(C)OB(c2cc(-c3ccc4oc5ccccc5c4c3)c3sc4ccccc4c3c2)OC1(C)C. The van der Waals surface area contributed by atoms with Crippen LogP contribution in [0.1, 0.15) is 27.7 Å². The quantitative estimate of drug-likeness (QED) is 0.238. The summed E-state index contributed by atoms with van der Waals surface area (Å²) < 4.78 is 21.6. The van der Waals surface area contributed by atoms with Crippen molar-refractivity contribution in [3.8, 4) is 11.1 Å². The van der Waals surface area contributed by atoms with Crippen molar-refractivity contribution in [2.75, 3.05) is 0 Å². The largest absolute Gasteiger partial charge is 0.494 e. The first-order valence-corrected chi connectivity index (χ1v) is 12.8. The number of thiophene rings is 1. The molecule has 6 aromatic rings. The summed E-state index contributed by atoms with van der Waals surface area (Å²) in [7, 11) is -0.416. The lowest BCUT2D eigenvalue weighted by atomic mass is 9.77. The Bertz CT molecular complexity index is 1760. The van der Waals surface area contributed by atoms with Crippen LogP contribution >= 0.6 is 11.3 Å². The number of rotatable bonds is 2. The highest BCUT2D eigenvalue weighted by Crippen LogP contribution is 2.42. The van der Waals surface area contributed by atoms with Crippen molar-refractivity contribution in [3.05, 3.63) is 78.9 Å². The van der Waals surface area contributed by atoms with E-state index in [1.165, 1.54) is 31.3 Å². The molecule has 0 amide bonds. The Balaban J connectivity index is 1.49. The highest BCUT2D eigenvalue weighted by Gasteiger charge is 2.51. The van der Waals surface area contributed by atoms with Crippen LogP contribution in [0.3, 0.4) is 0 Å². The molecular weight excluding hydrogens is 451 g/mol. The van der Waals surface area contributed by atoms with Crippen LogP contribution in [0.15, 0.2) is 83.3 Å². The van der Waals surface area contributed by atoms with Crippen molar-refractivity contribution < 1.29 is 13.7 Å². The Morgan fingerprint density at radius 1 is 0.657 bits per heavy atom. The maximum absolute atomic E-state index is 6.46. The highest BCUT2D eigenvalue weighted by molar-refractivity contribution is 7.26. The number of para-hydroxylation sites is 1. The zero-order valence-electron chi connectivity index (χ0n) is 20.2. The molecule has 0 N–H and O–H groups in total. The molecule has 35 heavy (non-hydrogen) atoms. The molecule has 0 atom stereocenters. The maximum atomic E-state index is 6.46. The summed E-state index contributed by atoms with van der Waals surface area (Å²) >= 11 is 1.84. The van der Waals surface area contributed by atoms with E-state index >= 15 is 0 Å². The van der Waals surface area contributed by atoms with Crippen LogP contribution in [-0.4, -0.2) is 18.3 Å². The first kappa shape index (κ1) is 21.2. The molecule has 1 aliphatic rings. The van der Waals surface area contributed by atoms with Crippen LogP contribution < -0.4 is 5.46 Å². The average Bonchev–Trinajstić information content (AvgIpc) is 3.47. The van der Waals surface area contributed by atoms with Crippen molar-refractivity contribution in [1.29, 1.82) is 0 Å². The van der Waals surface area contributed by atoms with Gasteiger partial charge in [-0.1, -0.05) is 54.6 Å². The maximum Gasteiger partial charge on any atom is 0.494 e. The van der Waals surface area contributed by atoms with E-state index in [0.29, 0.717) is 0 Å². The second-order valence-corrected chi connectivity index (χ2v) is 11.5. The van der Waals surface area contributed by atoms with Gasteiger partial charge in [-0.25, -0.2) is 0 Å². The van der Waals surface area contributed by atoms with Gasteiger partial charge in [-0.05, 0) is 68.6 Å². The minimum absolute atomic E-state index is 0.391. The van der Waals surface area contributed by atoms with Gasteiger partial charge >= 0.3 is 7.12 Å². The standard InChI is InChI=1S/C30H25BO3S/c1-29(2)30(3,4)34-31(33-29)19-16-22(28-24(17-19)21-10-6-8-12-27(21)35-28)18-13-14-26-23(15-18)20-9-5-7-11-25(20)32-26/h5-17H,1-4H3. The van der Waals surface area contributed by atoms with E-state index in [0.717, 1.165) is 27.4 Å². The summed E-state index contributed by atoms with van der Waals surface area (Å²) in [5, 5.41) is 4.78. The molecule has 7 rings (SSSR count). The van der Waals surface area contributed by atoms with Crippen LogP contribution in [0, 0.1) is 0 Å². The Morgan fingerprint density at radius 3 is 2.14 bits per heavy atom. The van der Waals surface area contributed by atoms with Crippen LogP contribution in [0.2, 0.25) is 0 Å². The smallest absolute Gasteiger partial charge is 0.456 e. The topological polar surface area (TPSA) is 31.6 Å². The molecule has 4 aromatic carbocycles. The lowest BCUT2D eigenvalue weighted by Gasteiger charge is -2.32. The summed E-state index contributed by atoms with van der Waals surface area (Å²) in [6.45, 7) is 8.41. The predicted octanol–water partition coefficient (Wildman–Crippen LogP) is 7.92. The van der Waals surface area contributed by atoms with Crippen LogP contribution in [0.25, 0.3) is 53.2 Å². The molecule has 0 bridgehead atoms. The summed E-state index contributed by atoms with van der Waals surface area (Å²) in [5.74, 6) is 0. The zero-order valence-corrected chi connectivity index (χ0v) is 21.0. The molecule has 3 heterocycles. The molecule has 1 saturated heterocycles. The monoisotopic (exact) mass is 476 g/mol. The molecule has 1 aliphatic heterocycles. The summed E-state index contributed by atoms with van der Waals surface area (Å²) in [6.07, 6.45) is 0. The minimum atomic E-state index is -0.416.